The maximum absolute atomic E-state index is 12.1. The standard InChI is InChI=1S/C18H19N5O3/c1-13-19-9-11-23(13)17-8-7-16(21-22-17)18(24)20-10-12-26-15-5-3-14(25-2)4-6-15/h3-9,11H,10,12H2,1-2H3,(H,20,24). The number of aryl methyl sites for hydroxylation is 1. The molecule has 0 unspecified atom stereocenters. The van der Waals surface area contributed by atoms with E-state index < -0.39 is 0 Å². The second kappa shape index (κ2) is 8.11. The number of aromatic nitrogens is 4. The number of carbonyl (C=O) groups is 1. The first-order chi connectivity index (χ1) is 12.7. The van der Waals surface area contributed by atoms with Crippen LogP contribution >= 0.6 is 0 Å². The quantitative estimate of drug-likeness (QED) is 0.651. The van der Waals surface area contributed by atoms with Crippen LogP contribution in [-0.2, 0) is 0 Å². The van der Waals surface area contributed by atoms with E-state index in [1.165, 1.54) is 0 Å². The SMILES string of the molecule is COc1ccc(OCCNC(=O)c2ccc(-n3ccnc3C)nn2)cc1. The molecule has 26 heavy (non-hydrogen) atoms. The van der Waals surface area contributed by atoms with Gasteiger partial charge in [0.25, 0.3) is 5.91 Å². The Hall–Kier alpha value is -3.42. The normalized spacial score (nSPS) is 10.4. The topological polar surface area (TPSA) is 91.2 Å². The number of ether oxygens (including phenoxy) is 2. The van der Waals surface area contributed by atoms with E-state index in [-0.39, 0.29) is 11.6 Å². The molecule has 2 aromatic heterocycles. The third kappa shape index (κ3) is 4.15. The summed E-state index contributed by atoms with van der Waals surface area (Å²) in [6.07, 6.45) is 3.47. The molecule has 134 valence electrons. The summed E-state index contributed by atoms with van der Waals surface area (Å²) in [5.41, 5.74) is 0.246. The second-order valence-corrected chi connectivity index (χ2v) is 5.40. The number of benzene rings is 1. The van der Waals surface area contributed by atoms with Crippen molar-refractivity contribution in [3.05, 3.63) is 60.3 Å². The van der Waals surface area contributed by atoms with Gasteiger partial charge in [-0.25, -0.2) is 4.98 Å². The van der Waals surface area contributed by atoms with Crippen molar-refractivity contribution in [2.45, 2.75) is 6.92 Å². The summed E-state index contributed by atoms with van der Waals surface area (Å²) < 4.78 is 12.4. The van der Waals surface area contributed by atoms with Crippen molar-refractivity contribution in [1.29, 1.82) is 0 Å². The van der Waals surface area contributed by atoms with E-state index in [1.807, 2.05) is 31.2 Å². The summed E-state index contributed by atoms with van der Waals surface area (Å²) in [7, 11) is 1.61. The Balaban J connectivity index is 1.48. The Kier molecular flexibility index (Phi) is 5.43. The molecule has 1 amide bonds. The summed E-state index contributed by atoms with van der Waals surface area (Å²) in [5.74, 6) is 2.58. The lowest BCUT2D eigenvalue weighted by atomic mass is 10.3. The van der Waals surface area contributed by atoms with Gasteiger partial charge in [-0.15, -0.1) is 10.2 Å². The summed E-state index contributed by atoms with van der Waals surface area (Å²) in [5, 5.41) is 10.8. The van der Waals surface area contributed by atoms with Crippen molar-refractivity contribution in [2.75, 3.05) is 20.3 Å². The highest BCUT2D eigenvalue weighted by atomic mass is 16.5. The molecule has 0 aliphatic heterocycles. The molecule has 0 atom stereocenters. The van der Waals surface area contributed by atoms with Crippen LogP contribution in [0.25, 0.3) is 5.82 Å². The van der Waals surface area contributed by atoms with Gasteiger partial charge in [-0.3, -0.25) is 9.36 Å². The molecular formula is C18H19N5O3. The highest BCUT2D eigenvalue weighted by Crippen LogP contribution is 2.16. The third-order valence-electron chi connectivity index (χ3n) is 3.67. The van der Waals surface area contributed by atoms with Crippen LogP contribution in [0.1, 0.15) is 16.3 Å². The van der Waals surface area contributed by atoms with Crippen LogP contribution in [0, 0.1) is 6.92 Å². The predicted molar refractivity (Wildman–Crippen MR) is 94.7 cm³/mol. The van der Waals surface area contributed by atoms with E-state index in [4.69, 9.17) is 9.47 Å². The molecule has 3 rings (SSSR count). The fourth-order valence-electron chi connectivity index (χ4n) is 2.29. The largest absolute Gasteiger partial charge is 0.497 e. The molecule has 0 fully saturated rings. The lowest BCUT2D eigenvalue weighted by molar-refractivity contribution is 0.0941. The second-order valence-electron chi connectivity index (χ2n) is 5.40. The first-order valence-corrected chi connectivity index (χ1v) is 8.06. The molecule has 1 aromatic carbocycles. The number of hydrogen-bond acceptors (Lipinski definition) is 6. The maximum Gasteiger partial charge on any atom is 0.271 e. The molecule has 8 heteroatoms. The Morgan fingerprint density at radius 1 is 1.12 bits per heavy atom. The summed E-state index contributed by atoms with van der Waals surface area (Å²) in [6.45, 7) is 2.57. The zero-order valence-corrected chi connectivity index (χ0v) is 14.5. The molecule has 2 heterocycles. The van der Waals surface area contributed by atoms with Gasteiger partial charge in [0.1, 0.15) is 23.9 Å². The molecule has 0 aliphatic carbocycles. The summed E-state index contributed by atoms with van der Waals surface area (Å²) in [6, 6.07) is 10.6. The monoisotopic (exact) mass is 353 g/mol. The number of rotatable bonds is 7. The van der Waals surface area contributed by atoms with Gasteiger partial charge in [-0.2, -0.15) is 0 Å². The van der Waals surface area contributed by atoms with Crippen molar-refractivity contribution < 1.29 is 14.3 Å². The molecule has 0 radical (unpaired) electrons. The number of imidazole rings is 1. The Labute approximate surface area is 150 Å². The molecule has 0 spiro atoms. The Bertz CT molecular complexity index is 859. The van der Waals surface area contributed by atoms with Gasteiger partial charge >= 0.3 is 0 Å². The van der Waals surface area contributed by atoms with Crippen LogP contribution in [0.15, 0.2) is 48.8 Å². The van der Waals surface area contributed by atoms with Crippen molar-refractivity contribution >= 4 is 5.91 Å². The molecule has 0 aliphatic rings. The van der Waals surface area contributed by atoms with E-state index in [0.29, 0.717) is 24.7 Å². The highest BCUT2D eigenvalue weighted by Gasteiger charge is 2.09. The van der Waals surface area contributed by atoms with Crippen molar-refractivity contribution in [3.63, 3.8) is 0 Å². The van der Waals surface area contributed by atoms with Crippen LogP contribution < -0.4 is 14.8 Å². The van der Waals surface area contributed by atoms with Gasteiger partial charge in [0.2, 0.25) is 0 Å². The number of amides is 1. The molecular weight excluding hydrogens is 334 g/mol. The van der Waals surface area contributed by atoms with Gasteiger partial charge in [0, 0.05) is 12.4 Å². The van der Waals surface area contributed by atoms with Crippen LogP contribution in [-0.4, -0.2) is 45.9 Å². The van der Waals surface area contributed by atoms with Crippen LogP contribution in [0.4, 0.5) is 0 Å². The number of nitrogens with one attached hydrogen (secondary N) is 1. The lowest BCUT2D eigenvalue weighted by Crippen LogP contribution is -2.29. The minimum atomic E-state index is -0.301. The molecule has 1 N–H and O–H groups in total. The minimum absolute atomic E-state index is 0.246. The highest BCUT2D eigenvalue weighted by molar-refractivity contribution is 5.92. The Morgan fingerprint density at radius 2 is 1.88 bits per heavy atom. The van der Waals surface area contributed by atoms with Crippen LogP contribution in [0.5, 0.6) is 11.5 Å². The lowest BCUT2D eigenvalue weighted by Gasteiger charge is -2.08. The smallest absolute Gasteiger partial charge is 0.271 e. The average Bonchev–Trinajstić information content (AvgIpc) is 3.11. The first-order valence-electron chi connectivity index (χ1n) is 8.06. The van der Waals surface area contributed by atoms with Crippen molar-refractivity contribution in [1.82, 2.24) is 25.1 Å². The van der Waals surface area contributed by atoms with Gasteiger partial charge in [0.05, 0.1) is 13.7 Å². The minimum Gasteiger partial charge on any atom is -0.497 e. The Morgan fingerprint density at radius 3 is 2.50 bits per heavy atom. The zero-order chi connectivity index (χ0) is 18.4. The number of carbonyl (C=O) groups excluding carboxylic acids is 1. The summed E-state index contributed by atoms with van der Waals surface area (Å²) in [4.78, 5) is 16.2. The fraction of sp³-hybridized carbons (Fsp3) is 0.222. The third-order valence-corrected chi connectivity index (χ3v) is 3.67. The van der Waals surface area contributed by atoms with Gasteiger partial charge < -0.3 is 14.8 Å². The predicted octanol–water partition coefficient (Wildman–Crippen LogP) is 1.79. The molecule has 0 bridgehead atoms. The number of nitrogens with zero attached hydrogens (tertiary/aromatic N) is 4. The van der Waals surface area contributed by atoms with Gasteiger partial charge in [-0.05, 0) is 43.3 Å². The number of hydrogen-bond donors (Lipinski definition) is 1. The summed E-state index contributed by atoms with van der Waals surface area (Å²) >= 11 is 0. The molecule has 0 saturated carbocycles. The number of methoxy groups -OCH3 is 1. The van der Waals surface area contributed by atoms with E-state index in [1.54, 1.807) is 36.2 Å². The molecule has 3 aromatic rings. The van der Waals surface area contributed by atoms with E-state index in [2.05, 4.69) is 20.5 Å². The first kappa shape index (κ1) is 17.4. The van der Waals surface area contributed by atoms with Crippen molar-refractivity contribution in [2.24, 2.45) is 0 Å². The zero-order valence-electron chi connectivity index (χ0n) is 14.5. The van der Waals surface area contributed by atoms with Crippen LogP contribution in [0.2, 0.25) is 0 Å². The molecule has 0 saturated heterocycles. The van der Waals surface area contributed by atoms with E-state index >= 15 is 0 Å². The van der Waals surface area contributed by atoms with Gasteiger partial charge in [-0.1, -0.05) is 0 Å². The average molecular weight is 353 g/mol. The van der Waals surface area contributed by atoms with Crippen LogP contribution in [0.3, 0.4) is 0 Å². The molecule has 8 nitrogen and oxygen atoms in total. The maximum atomic E-state index is 12.1. The van der Waals surface area contributed by atoms with Gasteiger partial charge in [0.15, 0.2) is 11.5 Å². The fourth-order valence-corrected chi connectivity index (χ4v) is 2.29. The van der Waals surface area contributed by atoms with Crippen molar-refractivity contribution in [3.8, 4) is 17.3 Å². The van der Waals surface area contributed by atoms with E-state index in [0.717, 1.165) is 11.6 Å². The van der Waals surface area contributed by atoms with E-state index in [9.17, 15) is 4.79 Å².